The lowest BCUT2D eigenvalue weighted by molar-refractivity contribution is 0.340. The number of hydrogen-bond donors (Lipinski definition) is 1. The predicted molar refractivity (Wildman–Crippen MR) is 100.0 cm³/mol. The number of rotatable bonds is 5. The molecule has 134 valence electrons. The van der Waals surface area contributed by atoms with Crippen LogP contribution in [-0.4, -0.2) is 6.61 Å². The third kappa shape index (κ3) is 3.46. The molecular weight excluding hydrogens is 368 g/mol. The van der Waals surface area contributed by atoms with Gasteiger partial charge in [-0.05, 0) is 42.6 Å². The third-order valence-electron chi connectivity index (χ3n) is 3.80. The van der Waals surface area contributed by atoms with Gasteiger partial charge in [0.25, 0.3) is 0 Å². The average molecular weight is 381 g/mol. The molecule has 1 aromatic heterocycles. The Morgan fingerprint density at radius 1 is 1.04 bits per heavy atom. The number of nitriles is 2. The first-order valence-corrected chi connectivity index (χ1v) is 8.87. The zero-order valence-electron chi connectivity index (χ0n) is 14.2. The number of nitrogens with zero attached hydrogens (tertiary/aromatic N) is 2. The summed E-state index contributed by atoms with van der Waals surface area (Å²) < 4.78 is 35.4. The van der Waals surface area contributed by atoms with Gasteiger partial charge in [0.2, 0.25) is 0 Å². The van der Waals surface area contributed by atoms with Crippen LogP contribution in [0.2, 0.25) is 0 Å². The fourth-order valence-corrected chi connectivity index (χ4v) is 3.38. The molecule has 0 aliphatic rings. The smallest absolute Gasteiger partial charge is 0.166 e. The maximum Gasteiger partial charge on any atom is 0.166 e. The molecule has 1 N–H and O–H groups in total. The lowest BCUT2D eigenvalue weighted by atomic mass is 9.99. The van der Waals surface area contributed by atoms with Crippen molar-refractivity contribution in [2.75, 3.05) is 11.9 Å². The number of anilines is 2. The summed E-state index contributed by atoms with van der Waals surface area (Å²) in [5.41, 5.74) is -0.996. The van der Waals surface area contributed by atoms with E-state index in [9.17, 15) is 14.9 Å². The second kappa shape index (κ2) is 7.86. The molecule has 3 rings (SSSR count). The highest BCUT2D eigenvalue weighted by atomic mass is 32.1. The molecule has 7 heteroatoms. The molecule has 2 aromatic carbocycles. The Labute approximate surface area is 158 Å². The van der Waals surface area contributed by atoms with Crippen LogP contribution in [0.4, 0.5) is 20.2 Å². The van der Waals surface area contributed by atoms with Gasteiger partial charge < -0.3 is 10.1 Å². The van der Waals surface area contributed by atoms with Gasteiger partial charge in [0, 0.05) is 10.6 Å². The van der Waals surface area contributed by atoms with Crippen molar-refractivity contribution in [3.8, 4) is 28.3 Å². The molecule has 0 aliphatic heterocycles. The molecular formula is C20H13F2N3OS. The second-order valence-electron chi connectivity index (χ2n) is 5.41. The Bertz CT molecular complexity index is 1050. The van der Waals surface area contributed by atoms with Crippen LogP contribution in [0.1, 0.15) is 18.1 Å². The minimum absolute atomic E-state index is 0.0769. The van der Waals surface area contributed by atoms with Crippen LogP contribution >= 0.6 is 11.3 Å². The molecule has 0 atom stereocenters. The van der Waals surface area contributed by atoms with Gasteiger partial charge in [-0.1, -0.05) is 6.07 Å². The fourth-order valence-electron chi connectivity index (χ4n) is 2.61. The Balaban J connectivity index is 2.17. The molecule has 0 spiro atoms. The number of hydrogen-bond acceptors (Lipinski definition) is 5. The highest BCUT2D eigenvalue weighted by molar-refractivity contribution is 7.13. The Morgan fingerprint density at radius 2 is 1.70 bits per heavy atom. The van der Waals surface area contributed by atoms with Crippen molar-refractivity contribution in [1.29, 1.82) is 10.5 Å². The maximum absolute atomic E-state index is 15.0. The SMILES string of the molecule is CCOc1ccc(Nc2c(F)c(C#N)c(C#N)c(F)c2-c2cccs2)cc1. The standard InChI is InChI=1S/C20H13F2N3OS/c1-2-26-13-7-5-12(6-8-13)25-20-17(16-4-3-9-27-16)18(21)14(10-23)15(11-24)19(20)22/h3-9,25H,2H2,1H3. The van der Waals surface area contributed by atoms with Crippen molar-refractivity contribution in [1.82, 2.24) is 0 Å². The van der Waals surface area contributed by atoms with Crippen LogP contribution in [0.5, 0.6) is 5.75 Å². The molecule has 0 saturated heterocycles. The van der Waals surface area contributed by atoms with Gasteiger partial charge in [-0.3, -0.25) is 0 Å². The molecule has 0 saturated carbocycles. The highest BCUT2D eigenvalue weighted by Crippen LogP contribution is 2.40. The van der Waals surface area contributed by atoms with Gasteiger partial charge in [0.1, 0.15) is 29.0 Å². The first-order chi connectivity index (χ1) is 13.1. The van der Waals surface area contributed by atoms with Crippen molar-refractivity contribution in [2.24, 2.45) is 0 Å². The minimum Gasteiger partial charge on any atom is -0.494 e. The number of thiophene rings is 1. The van der Waals surface area contributed by atoms with Crippen LogP contribution in [0.15, 0.2) is 41.8 Å². The highest BCUT2D eigenvalue weighted by Gasteiger charge is 2.26. The summed E-state index contributed by atoms with van der Waals surface area (Å²) in [6, 6.07) is 13.2. The lowest BCUT2D eigenvalue weighted by Crippen LogP contribution is -2.05. The third-order valence-corrected chi connectivity index (χ3v) is 4.69. The Morgan fingerprint density at radius 3 is 2.26 bits per heavy atom. The van der Waals surface area contributed by atoms with E-state index < -0.39 is 22.8 Å². The van der Waals surface area contributed by atoms with Crippen molar-refractivity contribution in [3.63, 3.8) is 0 Å². The fraction of sp³-hybridized carbons (Fsp3) is 0.100. The second-order valence-corrected chi connectivity index (χ2v) is 6.36. The number of nitrogens with one attached hydrogen (secondary N) is 1. The predicted octanol–water partition coefficient (Wildman–Crippen LogP) is 5.58. The summed E-state index contributed by atoms with van der Waals surface area (Å²) in [6.07, 6.45) is 0. The minimum atomic E-state index is -0.965. The molecule has 0 amide bonds. The zero-order valence-corrected chi connectivity index (χ0v) is 15.0. The Hall–Kier alpha value is -3.42. The van der Waals surface area contributed by atoms with Crippen LogP contribution in [-0.2, 0) is 0 Å². The van der Waals surface area contributed by atoms with Gasteiger partial charge in [0.15, 0.2) is 11.6 Å². The van der Waals surface area contributed by atoms with E-state index in [1.165, 1.54) is 11.3 Å². The molecule has 0 radical (unpaired) electrons. The summed E-state index contributed by atoms with van der Waals surface area (Å²) in [4.78, 5) is 0.445. The molecule has 1 heterocycles. The Kier molecular flexibility index (Phi) is 5.35. The van der Waals surface area contributed by atoms with Crippen molar-refractivity contribution in [3.05, 3.63) is 64.5 Å². The first-order valence-electron chi connectivity index (χ1n) is 7.99. The van der Waals surface area contributed by atoms with E-state index in [2.05, 4.69) is 5.32 Å². The molecule has 0 bridgehead atoms. The summed E-state index contributed by atoms with van der Waals surface area (Å²) in [7, 11) is 0. The van der Waals surface area contributed by atoms with Crippen LogP contribution in [0, 0.1) is 34.3 Å². The quantitative estimate of drug-likeness (QED) is 0.626. The summed E-state index contributed by atoms with van der Waals surface area (Å²) in [6.45, 7) is 2.37. The largest absolute Gasteiger partial charge is 0.494 e. The van der Waals surface area contributed by atoms with Gasteiger partial charge in [-0.25, -0.2) is 8.78 Å². The molecule has 0 aliphatic carbocycles. The van der Waals surface area contributed by atoms with Gasteiger partial charge in [-0.15, -0.1) is 11.3 Å². The monoisotopic (exact) mass is 381 g/mol. The summed E-state index contributed by atoms with van der Waals surface area (Å²) >= 11 is 1.21. The molecule has 3 aromatic rings. The van der Waals surface area contributed by atoms with E-state index in [4.69, 9.17) is 4.74 Å². The average Bonchev–Trinajstić information content (AvgIpc) is 3.20. The van der Waals surface area contributed by atoms with E-state index in [0.717, 1.165) is 0 Å². The number of benzene rings is 2. The van der Waals surface area contributed by atoms with Gasteiger partial charge >= 0.3 is 0 Å². The van der Waals surface area contributed by atoms with E-state index in [1.807, 2.05) is 6.92 Å². The molecule has 27 heavy (non-hydrogen) atoms. The van der Waals surface area contributed by atoms with Crippen molar-refractivity contribution in [2.45, 2.75) is 6.92 Å². The molecule has 0 fully saturated rings. The number of halogens is 2. The van der Waals surface area contributed by atoms with E-state index in [1.54, 1.807) is 53.9 Å². The maximum atomic E-state index is 15.0. The lowest BCUT2D eigenvalue weighted by Gasteiger charge is -2.16. The normalized spacial score (nSPS) is 10.1. The van der Waals surface area contributed by atoms with Crippen molar-refractivity contribution >= 4 is 22.7 Å². The summed E-state index contributed by atoms with van der Waals surface area (Å²) in [5.74, 6) is -1.25. The summed E-state index contributed by atoms with van der Waals surface area (Å²) in [5, 5.41) is 23.0. The van der Waals surface area contributed by atoms with Crippen LogP contribution in [0.3, 0.4) is 0 Å². The van der Waals surface area contributed by atoms with Gasteiger partial charge in [-0.2, -0.15) is 10.5 Å². The van der Waals surface area contributed by atoms with Crippen LogP contribution < -0.4 is 10.1 Å². The topological polar surface area (TPSA) is 68.8 Å². The molecule has 0 unspecified atom stereocenters. The van der Waals surface area contributed by atoms with Crippen molar-refractivity contribution < 1.29 is 13.5 Å². The van der Waals surface area contributed by atoms with E-state index >= 15 is 4.39 Å². The first kappa shape index (κ1) is 18.4. The van der Waals surface area contributed by atoms with E-state index in [0.29, 0.717) is 22.9 Å². The van der Waals surface area contributed by atoms with Crippen LogP contribution in [0.25, 0.3) is 10.4 Å². The van der Waals surface area contributed by atoms with E-state index in [-0.39, 0.29) is 11.3 Å². The van der Waals surface area contributed by atoms with Gasteiger partial charge in [0.05, 0.1) is 17.9 Å². The number of ether oxygens (including phenoxy) is 1. The molecule has 4 nitrogen and oxygen atoms in total. The zero-order chi connectivity index (χ0) is 19.4.